The molecule has 0 fully saturated rings. The minimum absolute atomic E-state index is 0.373. The largest absolute Gasteiger partial charge is 0.495 e. The quantitative estimate of drug-likeness (QED) is 0.883. The number of ether oxygens (including phenoxy) is 1. The molecule has 0 saturated carbocycles. The van der Waals surface area contributed by atoms with Gasteiger partial charge < -0.3 is 15.0 Å². The molecule has 2 aromatic carbocycles. The first kappa shape index (κ1) is 16.5. The number of hydrogen-bond acceptors (Lipinski definition) is 3. The van der Waals surface area contributed by atoms with Crippen LogP contribution in [0, 0.1) is 6.92 Å². The standard InChI is InChI=1S/C18H20N2O3/c1-13-9-10-16(23-3)15(11-13)19-17(21)18(22)20(2)12-14-7-5-4-6-8-14/h4-11H,12H2,1-3H3,(H,19,21). The van der Waals surface area contributed by atoms with Crippen LogP contribution in [-0.2, 0) is 16.1 Å². The topological polar surface area (TPSA) is 58.6 Å². The number of benzene rings is 2. The van der Waals surface area contributed by atoms with E-state index in [0.717, 1.165) is 11.1 Å². The van der Waals surface area contributed by atoms with Gasteiger partial charge in [-0.2, -0.15) is 0 Å². The summed E-state index contributed by atoms with van der Waals surface area (Å²) in [5.74, 6) is -0.771. The van der Waals surface area contributed by atoms with Crippen LogP contribution in [0.2, 0.25) is 0 Å². The molecular weight excluding hydrogens is 292 g/mol. The fourth-order valence-corrected chi connectivity index (χ4v) is 2.20. The summed E-state index contributed by atoms with van der Waals surface area (Å²) in [6, 6.07) is 14.9. The van der Waals surface area contributed by atoms with Crippen molar-refractivity contribution in [2.24, 2.45) is 0 Å². The zero-order chi connectivity index (χ0) is 16.8. The molecular formula is C18H20N2O3. The molecule has 0 spiro atoms. The van der Waals surface area contributed by atoms with Crippen LogP contribution < -0.4 is 10.1 Å². The molecule has 0 heterocycles. The Hall–Kier alpha value is -2.82. The van der Waals surface area contributed by atoms with Gasteiger partial charge in [0.15, 0.2) is 0 Å². The molecule has 0 aliphatic rings. The number of likely N-dealkylation sites (N-methyl/N-ethyl adjacent to an activating group) is 1. The maximum Gasteiger partial charge on any atom is 0.314 e. The zero-order valence-electron chi connectivity index (χ0n) is 13.5. The summed E-state index contributed by atoms with van der Waals surface area (Å²) < 4.78 is 5.20. The Kier molecular flexibility index (Phi) is 5.36. The third-order valence-corrected chi connectivity index (χ3v) is 3.41. The van der Waals surface area contributed by atoms with Gasteiger partial charge in [-0.05, 0) is 30.2 Å². The van der Waals surface area contributed by atoms with Crippen molar-refractivity contribution in [1.29, 1.82) is 0 Å². The van der Waals surface area contributed by atoms with Crippen LogP contribution in [0.25, 0.3) is 0 Å². The van der Waals surface area contributed by atoms with Gasteiger partial charge in [0, 0.05) is 13.6 Å². The van der Waals surface area contributed by atoms with Crippen molar-refractivity contribution in [3.05, 3.63) is 59.7 Å². The first-order chi connectivity index (χ1) is 11.0. The lowest BCUT2D eigenvalue weighted by Crippen LogP contribution is -2.36. The Morgan fingerprint density at radius 1 is 1.13 bits per heavy atom. The lowest BCUT2D eigenvalue weighted by atomic mass is 10.2. The molecule has 2 amide bonds. The van der Waals surface area contributed by atoms with Crippen LogP contribution in [0.4, 0.5) is 5.69 Å². The summed E-state index contributed by atoms with van der Waals surface area (Å²) in [6.07, 6.45) is 0. The van der Waals surface area contributed by atoms with Gasteiger partial charge in [0.2, 0.25) is 0 Å². The van der Waals surface area contributed by atoms with Crippen molar-refractivity contribution in [3.63, 3.8) is 0 Å². The number of carbonyl (C=O) groups excluding carboxylic acids is 2. The van der Waals surface area contributed by atoms with Crippen LogP contribution in [-0.4, -0.2) is 30.9 Å². The lowest BCUT2D eigenvalue weighted by Gasteiger charge is -2.17. The summed E-state index contributed by atoms with van der Waals surface area (Å²) in [4.78, 5) is 25.8. The fourth-order valence-electron chi connectivity index (χ4n) is 2.20. The Morgan fingerprint density at radius 3 is 2.48 bits per heavy atom. The molecule has 0 atom stereocenters. The van der Waals surface area contributed by atoms with Crippen LogP contribution in [0.5, 0.6) is 5.75 Å². The molecule has 0 bridgehead atoms. The van der Waals surface area contributed by atoms with Crippen molar-refractivity contribution in [2.75, 3.05) is 19.5 Å². The van der Waals surface area contributed by atoms with Gasteiger partial charge in [-0.25, -0.2) is 0 Å². The van der Waals surface area contributed by atoms with Crippen molar-refractivity contribution in [2.45, 2.75) is 13.5 Å². The summed E-state index contributed by atoms with van der Waals surface area (Å²) in [7, 11) is 3.12. The van der Waals surface area contributed by atoms with Crippen molar-refractivity contribution in [3.8, 4) is 5.75 Å². The highest BCUT2D eigenvalue weighted by Gasteiger charge is 2.20. The molecule has 5 heteroatoms. The highest BCUT2D eigenvalue weighted by molar-refractivity contribution is 6.39. The van der Waals surface area contributed by atoms with Gasteiger partial charge in [0.25, 0.3) is 0 Å². The molecule has 1 N–H and O–H groups in total. The van der Waals surface area contributed by atoms with E-state index < -0.39 is 11.8 Å². The summed E-state index contributed by atoms with van der Waals surface area (Å²) in [6.45, 7) is 2.27. The number of amides is 2. The Morgan fingerprint density at radius 2 is 1.83 bits per heavy atom. The molecule has 23 heavy (non-hydrogen) atoms. The van der Waals surface area contributed by atoms with E-state index in [1.54, 1.807) is 19.2 Å². The van der Waals surface area contributed by atoms with E-state index in [1.165, 1.54) is 12.0 Å². The fraction of sp³-hybridized carbons (Fsp3) is 0.222. The van der Waals surface area contributed by atoms with Gasteiger partial charge in [-0.1, -0.05) is 36.4 Å². The molecule has 0 aromatic heterocycles. The van der Waals surface area contributed by atoms with E-state index in [2.05, 4.69) is 5.32 Å². The number of nitrogens with zero attached hydrogens (tertiary/aromatic N) is 1. The number of carbonyl (C=O) groups is 2. The zero-order valence-corrected chi connectivity index (χ0v) is 13.5. The smallest absolute Gasteiger partial charge is 0.314 e. The number of methoxy groups -OCH3 is 1. The first-order valence-electron chi connectivity index (χ1n) is 7.26. The normalized spacial score (nSPS) is 10.0. The SMILES string of the molecule is COc1ccc(C)cc1NC(=O)C(=O)N(C)Cc1ccccc1. The lowest BCUT2D eigenvalue weighted by molar-refractivity contribution is -0.142. The number of nitrogens with one attached hydrogen (secondary N) is 1. The molecule has 120 valence electrons. The van der Waals surface area contributed by atoms with E-state index in [4.69, 9.17) is 4.74 Å². The predicted octanol–water partition coefficient (Wildman–Crippen LogP) is 2.60. The Bertz CT molecular complexity index is 699. The van der Waals surface area contributed by atoms with E-state index >= 15 is 0 Å². The number of rotatable bonds is 4. The maximum absolute atomic E-state index is 12.2. The van der Waals surface area contributed by atoms with Crippen molar-refractivity contribution in [1.82, 2.24) is 4.90 Å². The average Bonchev–Trinajstić information content (AvgIpc) is 2.55. The summed E-state index contributed by atoms with van der Waals surface area (Å²) >= 11 is 0. The third-order valence-electron chi connectivity index (χ3n) is 3.41. The van der Waals surface area contributed by atoms with E-state index in [9.17, 15) is 9.59 Å². The van der Waals surface area contributed by atoms with Gasteiger partial charge in [0.05, 0.1) is 12.8 Å². The van der Waals surface area contributed by atoms with Gasteiger partial charge in [-0.3, -0.25) is 9.59 Å². The Labute approximate surface area is 135 Å². The van der Waals surface area contributed by atoms with Crippen molar-refractivity contribution >= 4 is 17.5 Å². The van der Waals surface area contributed by atoms with E-state index in [0.29, 0.717) is 18.0 Å². The van der Waals surface area contributed by atoms with E-state index in [1.807, 2.05) is 43.3 Å². The van der Waals surface area contributed by atoms with Gasteiger partial charge >= 0.3 is 11.8 Å². The maximum atomic E-state index is 12.2. The molecule has 5 nitrogen and oxygen atoms in total. The van der Waals surface area contributed by atoms with E-state index in [-0.39, 0.29) is 0 Å². The summed E-state index contributed by atoms with van der Waals surface area (Å²) in [5.41, 5.74) is 2.41. The molecule has 0 saturated heterocycles. The van der Waals surface area contributed by atoms with Crippen LogP contribution in [0.1, 0.15) is 11.1 Å². The average molecular weight is 312 g/mol. The van der Waals surface area contributed by atoms with Crippen molar-refractivity contribution < 1.29 is 14.3 Å². The second-order valence-corrected chi connectivity index (χ2v) is 5.30. The number of hydrogen-bond donors (Lipinski definition) is 1. The molecule has 2 rings (SSSR count). The minimum Gasteiger partial charge on any atom is -0.495 e. The predicted molar refractivity (Wildman–Crippen MR) is 89.3 cm³/mol. The molecule has 2 aromatic rings. The summed E-state index contributed by atoms with van der Waals surface area (Å²) in [5, 5.41) is 2.61. The van der Waals surface area contributed by atoms with Crippen LogP contribution >= 0.6 is 0 Å². The highest BCUT2D eigenvalue weighted by Crippen LogP contribution is 2.25. The molecule has 0 aliphatic carbocycles. The number of aryl methyl sites for hydroxylation is 1. The van der Waals surface area contributed by atoms with Gasteiger partial charge in [0.1, 0.15) is 5.75 Å². The number of anilines is 1. The highest BCUT2D eigenvalue weighted by atomic mass is 16.5. The first-order valence-corrected chi connectivity index (χ1v) is 7.26. The monoisotopic (exact) mass is 312 g/mol. The second kappa shape index (κ2) is 7.45. The van der Waals surface area contributed by atoms with Crippen LogP contribution in [0.15, 0.2) is 48.5 Å². The molecule has 0 radical (unpaired) electrons. The third kappa shape index (κ3) is 4.32. The van der Waals surface area contributed by atoms with Gasteiger partial charge in [-0.15, -0.1) is 0 Å². The molecule has 0 unspecified atom stereocenters. The van der Waals surface area contributed by atoms with Crippen LogP contribution in [0.3, 0.4) is 0 Å². The minimum atomic E-state index is -0.688. The Balaban J connectivity index is 2.05. The second-order valence-electron chi connectivity index (χ2n) is 5.30. The molecule has 0 aliphatic heterocycles.